The van der Waals surface area contributed by atoms with Crippen LogP contribution in [0, 0.1) is 0 Å². The lowest BCUT2D eigenvalue weighted by Gasteiger charge is -2.25. The number of Topliss-reactive ketones (excluding diaryl/α,β-unsaturated/α-hetero) is 1. The van der Waals surface area contributed by atoms with Crippen LogP contribution in [0.15, 0.2) is 18.2 Å². The number of carbonyl (C=O) groups excluding carboxylic acids is 1. The Kier molecular flexibility index (Phi) is 4.78. The van der Waals surface area contributed by atoms with Crippen LogP contribution >= 0.6 is 9.24 Å². The SMILES string of the molecule is CCC(C)(P)C(=O)c1c(C(F)(F)F)cccc1C(F)(F)F. The van der Waals surface area contributed by atoms with Crippen LogP contribution in [0.25, 0.3) is 0 Å². The molecule has 0 saturated heterocycles. The van der Waals surface area contributed by atoms with Gasteiger partial charge in [-0.15, -0.1) is 9.24 Å². The highest BCUT2D eigenvalue weighted by atomic mass is 31.0. The van der Waals surface area contributed by atoms with Gasteiger partial charge < -0.3 is 0 Å². The standard InChI is InChI=1S/C13H13F6OP/c1-3-11(2,21)10(20)9-7(12(14,15)16)5-4-6-8(9)13(17,18)19/h4-6H,3,21H2,1-2H3. The topological polar surface area (TPSA) is 17.1 Å². The fourth-order valence-electron chi connectivity index (χ4n) is 1.72. The largest absolute Gasteiger partial charge is 0.417 e. The average molecular weight is 330 g/mol. The zero-order chi connectivity index (χ0) is 16.6. The monoisotopic (exact) mass is 330 g/mol. The summed E-state index contributed by atoms with van der Waals surface area (Å²) < 4.78 is 77.7. The Labute approximate surface area is 119 Å². The van der Waals surface area contributed by atoms with E-state index in [0.29, 0.717) is 18.2 Å². The van der Waals surface area contributed by atoms with Crippen molar-refractivity contribution in [1.29, 1.82) is 0 Å². The summed E-state index contributed by atoms with van der Waals surface area (Å²) in [7, 11) is 2.02. The molecule has 0 spiro atoms. The number of benzene rings is 1. The lowest BCUT2D eigenvalue weighted by atomic mass is 9.88. The van der Waals surface area contributed by atoms with E-state index in [1.54, 1.807) is 0 Å². The van der Waals surface area contributed by atoms with Crippen LogP contribution in [-0.2, 0) is 12.4 Å². The Balaban J connectivity index is 3.70. The molecule has 0 aliphatic rings. The highest BCUT2D eigenvalue weighted by molar-refractivity contribution is 7.21. The van der Waals surface area contributed by atoms with Gasteiger partial charge in [-0.3, -0.25) is 4.79 Å². The van der Waals surface area contributed by atoms with Gasteiger partial charge in [-0.25, -0.2) is 0 Å². The maximum absolute atomic E-state index is 12.9. The van der Waals surface area contributed by atoms with Gasteiger partial charge in [-0.2, -0.15) is 26.3 Å². The molecule has 0 fully saturated rings. The van der Waals surface area contributed by atoms with Gasteiger partial charge in [-0.1, -0.05) is 13.0 Å². The van der Waals surface area contributed by atoms with Gasteiger partial charge in [-0.05, 0) is 25.5 Å². The van der Waals surface area contributed by atoms with Crippen molar-refractivity contribution in [2.75, 3.05) is 0 Å². The quantitative estimate of drug-likeness (QED) is 0.435. The van der Waals surface area contributed by atoms with Crippen LogP contribution in [0.2, 0.25) is 0 Å². The lowest BCUT2D eigenvalue weighted by molar-refractivity contribution is -0.143. The summed E-state index contributed by atoms with van der Waals surface area (Å²) in [4.78, 5) is 12.2. The Morgan fingerprint density at radius 2 is 1.43 bits per heavy atom. The molecule has 118 valence electrons. The van der Waals surface area contributed by atoms with Gasteiger partial charge >= 0.3 is 12.4 Å². The number of hydrogen-bond acceptors (Lipinski definition) is 1. The molecule has 1 aromatic rings. The zero-order valence-corrected chi connectivity index (χ0v) is 12.3. The summed E-state index contributed by atoms with van der Waals surface area (Å²) in [6, 6.07) is 1.62. The summed E-state index contributed by atoms with van der Waals surface area (Å²) in [6.07, 6.45) is -10.00. The van der Waals surface area contributed by atoms with E-state index < -0.39 is 40.0 Å². The van der Waals surface area contributed by atoms with E-state index in [9.17, 15) is 31.1 Å². The second-order valence-corrected chi connectivity index (χ2v) is 6.10. The van der Waals surface area contributed by atoms with Crippen LogP contribution in [-0.4, -0.2) is 10.9 Å². The number of alkyl halides is 6. The molecule has 0 bridgehead atoms. The highest BCUT2D eigenvalue weighted by Gasteiger charge is 2.45. The number of ketones is 1. The first-order chi connectivity index (χ1) is 9.32. The molecule has 8 heteroatoms. The van der Waals surface area contributed by atoms with Crippen molar-refractivity contribution in [2.45, 2.75) is 37.8 Å². The predicted molar refractivity (Wildman–Crippen MR) is 69.2 cm³/mol. The summed E-state index contributed by atoms with van der Waals surface area (Å²) in [5.41, 5.74) is -4.45. The molecule has 1 rings (SSSR count). The molecular weight excluding hydrogens is 317 g/mol. The van der Waals surface area contributed by atoms with Crippen molar-refractivity contribution < 1.29 is 31.1 Å². The smallest absolute Gasteiger partial charge is 0.293 e. The summed E-state index contributed by atoms with van der Waals surface area (Å²) in [5.74, 6) is -1.20. The molecule has 0 aliphatic heterocycles. The first kappa shape index (κ1) is 18.0. The molecule has 2 atom stereocenters. The fourth-order valence-corrected chi connectivity index (χ4v) is 1.86. The molecule has 0 radical (unpaired) electrons. The minimum Gasteiger partial charge on any atom is -0.293 e. The molecule has 0 N–H and O–H groups in total. The van der Waals surface area contributed by atoms with E-state index in [4.69, 9.17) is 0 Å². The van der Waals surface area contributed by atoms with Gasteiger partial charge in [0.1, 0.15) is 0 Å². The van der Waals surface area contributed by atoms with Crippen molar-refractivity contribution in [3.63, 3.8) is 0 Å². The van der Waals surface area contributed by atoms with Gasteiger partial charge in [0.2, 0.25) is 0 Å². The summed E-state index contributed by atoms with van der Waals surface area (Å²) in [5, 5.41) is -1.40. The second-order valence-electron chi connectivity index (χ2n) is 4.82. The second kappa shape index (κ2) is 5.59. The minimum absolute atomic E-state index is 0.0833. The normalized spacial score (nSPS) is 15.7. The molecule has 0 aromatic heterocycles. The Morgan fingerprint density at radius 3 is 1.71 bits per heavy atom. The third-order valence-corrected chi connectivity index (χ3v) is 3.83. The van der Waals surface area contributed by atoms with Crippen molar-refractivity contribution in [1.82, 2.24) is 0 Å². The molecule has 21 heavy (non-hydrogen) atoms. The van der Waals surface area contributed by atoms with Gasteiger partial charge in [0, 0.05) is 10.7 Å². The van der Waals surface area contributed by atoms with Gasteiger partial charge in [0.05, 0.1) is 11.1 Å². The molecule has 2 unspecified atom stereocenters. The molecule has 0 amide bonds. The molecule has 0 heterocycles. The first-order valence-corrected chi connectivity index (χ1v) is 6.51. The van der Waals surface area contributed by atoms with Crippen LogP contribution in [0.4, 0.5) is 26.3 Å². The number of carbonyl (C=O) groups is 1. The van der Waals surface area contributed by atoms with Gasteiger partial charge in [0.15, 0.2) is 5.78 Å². The van der Waals surface area contributed by atoms with Crippen LogP contribution in [0.5, 0.6) is 0 Å². The highest BCUT2D eigenvalue weighted by Crippen LogP contribution is 2.42. The van der Waals surface area contributed by atoms with E-state index in [1.165, 1.54) is 13.8 Å². The molecule has 0 saturated carbocycles. The van der Waals surface area contributed by atoms with Crippen molar-refractivity contribution in [3.8, 4) is 0 Å². The fraction of sp³-hybridized carbons (Fsp3) is 0.462. The molecule has 0 aliphatic carbocycles. The number of hydrogen-bond donors (Lipinski definition) is 0. The van der Waals surface area contributed by atoms with Crippen LogP contribution in [0.1, 0.15) is 41.8 Å². The maximum atomic E-state index is 12.9. The summed E-state index contributed by atoms with van der Waals surface area (Å²) >= 11 is 0. The first-order valence-electron chi connectivity index (χ1n) is 5.93. The van der Waals surface area contributed by atoms with E-state index in [-0.39, 0.29) is 6.42 Å². The van der Waals surface area contributed by atoms with E-state index >= 15 is 0 Å². The average Bonchev–Trinajstić information content (AvgIpc) is 2.34. The molecular formula is C13H13F6OP. The van der Waals surface area contributed by atoms with E-state index in [1.807, 2.05) is 9.24 Å². The van der Waals surface area contributed by atoms with Crippen molar-refractivity contribution in [3.05, 3.63) is 34.9 Å². The summed E-state index contributed by atoms with van der Waals surface area (Å²) in [6.45, 7) is 2.79. The number of rotatable bonds is 3. The van der Waals surface area contributed by atoms with Crippen molar-refractivity contribution >= 4 is 15.0 Å². The Morgan fingerprint density at radius 1 is 1.05 bits per heavy atom. The van der Waals surface area contributed by atoms with Crippen LogP contribution in [0.3, 0.4) is 0 Å². The van der Waals surface area contributed by atoms with Crippen molar-refractivity contribution in [2.24, 2.45) is 0 Å². The lowest BCUT2D eigenvalue weighted by Crippen LogP contribution is -2.32. The molecule has 1 aromatic carbocycles. The Hall–Kier alpha value is -1.10. The number of halogens is 6. The third-order valence-electron chi connectivity index (χ3n) is 3.16. The van der Waals surface area contributed by atoms with Gasteiger partial charge in [0.25, 0.3) is 0 Å². The zero-order valence-electron chi connectivity index (χ0n) is 11.2. The molecule has 1 nitrogen and oxygen atoms in total. The maximum Gasteiger partial charge on any atom is 0.417 e. The van der Waals surface area contributed by atoms with Crippen LogP contribution < -0.4 is 0 Å². The predicted octanol–water partition coefficient (Wildman–Crippen LogP) is 4.95. The Bertz CT molecular complexity index is 512. The van der Waals surface area contributed by atoms with E-state index in [2.05, 4.69) is 0 Å². The van der Waals surface area contributed by atoms with E-state index in [0.717, 1.165) is 0 Å². The third kappa shape index (κ3) is 3.76. The minimum atomic E-state index is -5.04.